The third kappa shape index (κ3) is 1.73. The summed E-state index contributed by atoms with van der Waals surface area (Å²) in [5, 5.41) is 3.40. The Morgan fingerprint density at radius 2 is 2.14 bits per heavy atom. The van der Waals surface area contributed by atoms with E-state index in [1.807, 2.05) is 6.07 Å². The van der Waals surface area contributed by atoms with Gasteiger partial charge < -0.3 is 10.1 Å². The number of benzene rings is 1. The molecule has 1 aliphatic rings. The fourth-order valence-electron chi connectivity index (χ4n) is 1.65. The Hall–Kier alpha value is -0.700. The minimum absolute atomic E-state index is 0.125. The van der Waals surface area contributed by atoms with Crippen molar-refractivity contribution in [3.63, 3.8) is 0 Å². The highest BCUT2D eigenvalue weighted by Crippen LogP contribution is 2.37. The molecule has 1 heterocycles. The summed E-state index contributed by atoms with van der Waals surface area (Å²) in [7, 11) is 0. The first-order valence-corrected chi connectivity index (χ1v) is 5.50. The van der Waals surface area contributed by atoms with Crippen LogP contribution >= 0.6 is 15.9 Å². The summed E-state index contributed by atoms with van der Waals surface area (Å²) in [6.45, 7) is 7.10. The number of fused-ring (bicyclic) bond motifs is 1. The van der Waals surface area contributed by atoms with Crippen molar-refractivity contribution in [2.45, 2.75) is 26.4 Å². The van der Waals surface area contributed by atoms with Crippen molar-refractivity contribution in [1.29, 1.82) is 0 Å². The Bertz CT molecular complexity index is 374. The van der Waals surface area contributed by atoms with Crippen molar-refractivity contribution in [2.75, 3.05) is 11.9 Å². The molecule has 0 aliphatic carbocycles. The van der Waals surface area contributed by atoms with E-state index in [4.69, 9.17) is 4.74 Å². The molecule has 1 aliphatic heterocycles. The molecule has 1 aromatic carbocycles. The van der Waals surface area contributed by atoms with Gasteiger partial charge in [-0.05, 0) is 38.5 Å². The molecule has 0 saturated carbocycles. The maximum atomic E-state index is 5.89. The van der Waals surface area contributed by atoms with Crippen molar-refractivity contribution < 1.29 is 4.74 Å². The second kappa shape index (κ2) is 3.16. The highest BCUT2D eigenvalue weighted by Gasteiger charge is 2.27. The summed E-state index contributed by atoms with van der Waals surface area (Å²) in [5.41, 5.74) is 2.21. The zero-order valence-electron chi connectivity index (χ0n) is 8.65. The maximum Gasteiger partial charge on any atom is 0.144 e. The maximum absolute atomic E-state index is 5.89. The van der Waals surface area contributed by atoms with Crippen LogP contribution in [-0.4, -0.2) is 12.1 Å². The van der Waals surface area contributed by atoms with Crippen LogP contribution in [0.2, 0.25) is 0 Å². The molecule has 0 bridgehead atoms. The highest BCUT2D eigenvalue weighted by atomic mass is 79.9. The smallest absolute Gasteiger partial charge is 0.144 e. The third-order valence-electron chi connectivity index (χ3n) is 2.34. The number of rotatable bonds is 0. The van der Waals surface area contributed by atoms with Gasteiger partial charge in [0.25, 0.3) is 0 Å². The molecule has 0 fully saturated rings. The number of nitrogens with one attached hydrogen (secondary N) is 1. The summed E-state index contributed by atoms with van der Waals surface area (Å²) in [5.74, 6) is 0.938. The molecule has 0 unspecified atom stereocenters. The monoisotopic (exact) mass is 255 g/mol. The predicted molar refractivity (Wildman–Crippen MR) is 62.1 cm³/mol. The second-order valence-corrected chi connectivity index (χ2v) is 5.23. The summed E-state index contributed by atoms with van der Waals surface area (Å²) in [6, 6.07) is 4.10. The molecule has 2 nitrogen and oxygen atoms in total. The zero-order chi connectivity index (χ0) is 10.3. The van der Waals surface area contributed by atoms with E-state index in [1.165, 1.54) is 5.56 Å². The molecule has 0 radical (unpaired) electrons. The van der Waals surface area contributed by atoms with Gasteiger partial charge in [0.1, 0.15) is 11.4 Å². The first kappa shape index (κ1) is 9.84. The average molecular weight is 256 g/mol. The summed E-state index contributed by atoms with van der Waals surface area (Å²) < 4.78 is 6.95. The van der Waals surface area contributed by atoms with E-state index < -0.39 is 0 Å². The molecule has 0 atom stereocenters. The number of ether oxygens (including phenoxy) is 1. The van der Waals surface area contributed by atoms with E-state index >= 15 is 0 Å². The number of hydrogen-bond acceptors (Lipinski definition) is 2. The van der Waals surface area contributed by atoms with Gasteiger partial charge in [0.05, 0.1) is 12.2 Å². The van der Waals surface area contributed by atoms with Crippen molar-refractivity contribution in [1.82, 2.24) is 0 Å². The van der Waals surface area contributed by atoms with Crippen molar-refractivity contribution >= 4 is 21.6 Å². The van der Waals surface area contributed by atoms with Crippen LogP contribution in [0.15, 0.2) is 16.6 Å². The minimum Gasteiger partial charge on any atom is -0.484 e. The Kier molecular flexibility index (Phi) is 2.22. The van der Waals surface area contributed by atoms with Gasteiger partial charge in [0, 0.05) is 4.47 Å². The van der Waals surface area contributed by atoms with Crippen LogP contribution in [0, 0.1) is 6.92 Å². The molecule has 3 heteroatoms. The van der Waals surface area contributed by atoms with Crippen LogP contribution in [0.4, 0.5) is 5.69 Å². The molecule has 1 aromatic rings. The van der Waals surface area contributed by atoms with Gasteiger partial charge >= 0.3 is 0 Å². The van der Waals surface area contributed by atoms with Gasteiger partial charge in [0.2, 0.25) is 0 Å². The van der Waals surface area contributed by atoms with E-state index in [0.717, 1.165) is 22.5 Å². The van der Waals surface area contributed by atoms with Gasteiger partial charge in [-0.1, -0.05) is 15.9 Å². The SMILES string of the molecule is Cc1cc(Br)cc2c1NCC(C)(C)O2. The molecule has 2 rings (SSSR count). The van der Waals surface area contributed by atoms with Crippen LogP contribution in [-0.2, 0) is 0 Å². The Labute approximate surface area is 92.8 Å². The fraction of sp³-hybridized carbons (Fsp3) is 0.455. The Balaban J connectivity index is 2.47. The first-order valence-electron chi connectivity index (χ1n) is 4.71. The zero-order valence-corrected chi connectivity index (χ0v) is 10.2. The van der Waals surface area contributed by atoms with Crippen molar-refractivity contribution in [3.05, 3.63) is 22.2 Å². The summed E-state index contributed by atoms with van der Waals surface area (Å²) >= 11 is 3.47. The predicted octanol–water partition coefficient (Wildman–Crippen LogP) is 3.34. The summed E-state index contributed by atoms with van der Waals surface area (Å²) in [6.07, 6.45) is 0. The van der Waals surface area contributed by atoms with Gasteiger partial charge in [-0.2, -0.15) is 0 Å². The molecule has 0 amide bonds. The summed E-state index contributed by atoms with van der Waals surface area (Å²) in [4.78, 5) is 0. The molecule has 0 saturated heterocycles. The lowest BCUT2D eigenvalue weighted by Crippen LogP contribution is -2.40. The molecular formula is C11H14BrNO. The Morgan fingerprint density at radius 1 is 1.43 bits per heavy atom. The minimum atomic E-state index is -0.125. The number of aryl methyl sites for hydroxylation is 1. The van der Waals surface area contributed by atoms with E-state index in [-0.39, 0.29) is 5.60 Å². The van der Waals surface area contributed by atoms with E-state index in [9.17, 15) is 0 Å². The lowest BCUT2D eigenvalue weighted by molar-refractivity contribution is 0.116. The molecule has 0 spiro atoms. The van der Waals surface area contributed by atoms with Crippen molar-refractivity contribution in [2.24, 2.45) is 0 Å². The molecule has 1 N–H and O–H groups in total. The van der Waals surface area contributed by atoms with Gasteiger partial charge in [-0.25, -0.2) is 0 Å². The number of halogens is 1. The molecule has 76 valence electrons. The van der Waals surface area contributed by atoms with Crippen LogP contribution in [0.5, 0.6) is 5.75 Å². The quantitative estimate of drug-likeness (QED) is 0.768. The van der Waals surface area contributed by atoms with Crippen LogP contribution in [0.3, 0.4) is 0 Å². The van der Waals surface area contributed by atoms with Gasteiger partial charge in [0.15, 0.2) is 0 Å². The van der Waals surface area contributed by atoms with Crippen LogP contribution in [0.1, 0.15) is 19.4 Å². The van der Waals surface area contributed by atoms with E-state index in [2.05, 4.69) is 48.1 Å². The lowest BCUT2D eigenvalue weighted by atomic mass is 10.1. The van der Waals surface area contributed by atoms with E-state index in [0.29, 0.717) is 0 Å². The number of anilines is 1. The van der Waals surface area contributed by atoms with Gasteiger partial charge in [-0.15, -0.1) is 0 Å². The molecular weight excluding hydrogens is 242 g/mol. The second-order valence-electron chi connectivity index (χ2n) is 4.31. The van der Waals surface area contributed by atoms with Crippen LogP contribution < -0.4 is 10.1 Å². The Morgan fingerprint density at radius 3 is 2.86 bits per heavy atom. The normalized spacial score (nSPS) is 18.0. The largest absolute Gasteiger partial charge is 0.484 e. The topological polar surface area (TPSA) is 21.3 Å². The lowest BCUT2D eigenvalue weighted by Gasteiger charge is -2.34. The molecule has 0 aromatic heterocycles. The third-order valence-corrected chi connectivity index (χ3v) is 2.80. The fourth-order valence-corrected chi connectivity index (χ4v) is 2.21. The van der Waals surface area contributed by atoms with E-state index in [1.54, 1.807) is 0 Å². The van der Waals surface area contributed by atoms with Crippen LogP contribution in [0.25, 0.3) is 0 Å². The van der Waals surface area contributed by atoms with Gasteiger partial charge in [-0.3, -0.25) is 0 Å². The molecule has 14 heavy (non-hydrogen) atoms. The number of hydrogen-bond donors (Lipinski definition) is 1. The average Bonchev–Trinajstić information content (AvgIpc) is 2.00. The first-order chi connectivity index (χ1) is 6.48. The highest BCUT2D eigenvalue weighted by molar-refractivity contribution is 9.10. The standard InChI is InChI=1S/C11H14BrNO/c1-7-4-8(12)5-9-10(7)13-6-11(2,3)14-9/h4-5,13H,6H2,1-3H3. The van der Waals surface area contributed by atoms with Crippen molar-refractivity contribution in [3.8, 4) is 5.75 Å².